The van der Waals surface area contributed by atoms with E-state index in [-0.39, 0.29) is 11.0 Å². The van der Waals surface area contributed by atoms with E-state index in [2.05, 4.69) is 4.98 Å². The van der Waals surface area contributed by atoms with Gasteiger partial charge in [0.1, 0.15) is 5.88 Å². The number of benzene rings is 1. The van der Waals surface area contributed by atoms with Crippen molar-refractivity contribution in [1.29, 1.82) is 0 Å². The van der Waals surface area contributed by atoms with E-state index >= 15 is 0 Å². The van der Waals surface area contributed by atoms with Crippen molar-refractivity contribution in [2.45, 2.75) is 6.18 Å². The molecule has 0 saturated carbocycles. The first-order valence-electron chi connectivity index (χ1n) is 4.59. The Morgan fingerprint density at radius 2 is 2.00 bits per heavy atom. The molecule has 0 unspecified atom stereocenters. The molecule has 0 atom stereocenters. The van der Waals surface area contributed by atoms with Crippen molar-refractivity contribution in [1.82, 2.24) is 9.55 Å². The van der Waals surface area contributed by atoms with E-state index in [1.54, 1.807) is 6.07 Å². The summed E-state index contributed by atoms with van der Waals surface area (Å²) in [5, 5.41) is 0. The van der Waals surface area contributed by atoms with Crippen molar-refractivity contribution in [3.05, 3.63) is 30.1 Å². The molecule has 17 heavy (non-hydrogen) atoms. The van der Waals surface area contributed by atoms with E-state index in [4.69, 9.17) is 11.6 Å². The zero-order valence-corrected chi connectivity index (χ0v) is 9.09. The number of carbonyl (C=O) groups is 1. The second kappa shape index (κ2) is 4.03. The highest BCUT2D eigenvalue weighted by atomic mass is 35.5. The van der Waals surface area contributed by atoms with Crippen LogP contribution in [-0.2, 0) is 6.18 Å². The summed E-state index contributed by atoms with van der Waals surface area (Å²) in [5.74, 6) is -2.64. The average molecular weight is 263 g/mol. The summed E-state index contributed by atoms with van der Waals surface area (Å²) in [4.78, 5) is 14.9. The smallest absolute Gasteiger partial charge is 0.273 e. The monoisotopic (exact) mass is 262 g/mol. The van der Waals surface area contributed by atoms with Gasteiger partial charge in [-0.1, -0.05) is 12.1 Å². The third kappa shape index (κ3) is 2.00. The van der Waals surface area contributed by atoms with Crippen LogP contribution >= 0.6 is 11.6 Å². The molecule has 0 saturated heterocycles. The van der Waals surface area contributed by atoms with Gasteiger partial charge in [0.05, 0.1) is 11.0 Å². The molecule has 0 radical (unpaired) electrons. The lowest BCUT2D eigenvalue weighted by Gasteiger charge is -2.08. The molecule has 0 bridgehead atoms. The molecule has 7 heteroatoms. The van der Waals surface area contributed by atoms with Crippen molar-refractivity contribution in [3.8, 4) is 0 Å². The first-order chi connectivity index (χ1) is 7.95. The minimum Gasteiger partial charge on any atom is -0.273 e. The Kier molecular flexibility index (Phi) is 2.82. The van der Waals surface area contributed by atoms with E-state index in [1.165, 1.54) is 18.2 Å². The molecule has 0 spiro atoms. The molecule has 0 aliphatic rings. The average Bonchev–Trinajstić information content (AvgIpc) is 2.67. The lowest BCUT2D eigenvalue weighted by atomic mass is 10.3. The summed E-state index contributed by atoms with van der Waals surface area (Å²) in [6.45, 7) is 0. The van der Waals surface area contributed by atoms with Crippen molar-refractivity contribution in [2.24, 2.45) is 0 Å². The van der Waals surface area contributed by atoms with Gasteiger partial charge in [-0.2, -0.15) is 13.2 Å². The molecule has 0 amide bonds. The normalized spacial score (nSPS) is 12.0. The van der Waals surface area contributed by atoms with Gasteiger partial charge in [-0.05, 0) is 12.1 Å². The van der Waals surface area contributed by atoms with E-state index in [1.807, 2.05) is 0 Å². The highest BCUT2D eigenvalue weighted by Crippen LogP contribution is 2.31. The fourth-order valence-electron chi connectivity index (χ4n) is 1.53. The Hall–Kier alpha value is -1.56. The third-order valence-electron chi connectivity index (χ3n) is 2.18. The second-order valence-corrected chi connectivity index (χ2v) is 3.55. The van der Waals surface area contributed by atoms with Crippen LogP contribution in [0.25, 0.3) is 11.0 Å². The number of alkyl halides is 4. The van der Waals surface area contributed by atoms with Crippen LogP contribution in [0.15, 0.2) is 24.3 Å². The fraction of sp³-hybridized carbons (Fsp3) is 0.200. The molecular formula is C10H6ClF3N2O. The van der Waals surface area contributed by atoms with Gasteiger partial charge in [-0.3, -0.25) is 9.36 Å². The number of halogens is 4. The minimum absolute atomic E-state index is 0.102. The highest BCUT2D eigenvalue weighted by molar-refractivity contribution is 6.28. The summed E-state index contributed by atoms with van der Waals surface area (Å²) in [6.07, 6.45) is -4.69. The summed E-state index contributed by atoms with van der Waals surface area (Å²) < 4.78 is 38.6. The molecular weight excluding hydrogens is 257 g/mol. The molecule has 1 heterocycles. The Morgan fingerprint density at radius 3 is 2.59 bits per heavy atom. The van der Waals surface area contributed by atoms with Crippen LogP contribution in [0.4, 0.5) is 13.2 Å². The topological polar surface area (TPSA) is 34.9 Å². The van der Waals surface area contributed by atoms with E-state index < -0.39 is 23.8 Å². The second-order valence-electron chi connectivity index (χ2n) is 3.28. The van der Waals surface area contributed by atoms with Crippen LogP contribution in [0.5, 0.6) is 0 Å². The van der Waals surface area contributed by atoms with Crippen molar-refractivity contribution >= 4 is 28.5 Å². The summed E-state index contributed by atoms with van der Waals surface area (Å²) in [5.41, 5.74) is 0.212. The standard InChI is InChI=1S/C10H6ClF3N2O/c11-5-8(17)16-7-4-2-1-3-6(7)15-9(16)10(12,13)14/h1-4H,5H2. The Morgan fingerprint density at radius 1 is 1.35 bits per heavy atom. The number of carbonyl (C=O) groups excluding carboxylic acids is 1. The predicted octanol–water partition coefficient (Wildman–Crippen LogP) is 2.93. The molecule has 1 aromatic carbocycles. The fourth-order valence-corrected chi connectivity index (χ4v) is 1.65. The van der Waals surface area contributed by atoms with E-state index in [9.17, 15) is 18.0 Å². The summed E-state index contributed by atoms with van der Waals surface area (Å²) in [7, 11) is 0. The van der Waals surface area contributed by atoms with Crippen LogP contribution in [0.3, 0.4) is 0 Å². The highest BCUT2D eigenvalue weighted by Gasteiger charge is 2.39. The zero-order valence-electron chi connectivity index (χ0n) is 8.33. The van der Waals surface area contributed by atoms with Gasteiger partial charge in [-0.15, -0.1) is 11.6 Å². The maximum Gasteiger partial charge on any atom is 0.450 e. The quantitative estimate of drug-likeness (QED) is 0.741. The Balaban J connectivity index is 2.79. The molecule has 0 aliphatic carbocycles. The van der Waals surface area contributed by atoms with Crippen molar-refractivity contribution < 1.29 is 18.0 Å². The number of para-hydroxylation sites is 2. The number of nitrogens with zero attached hydrogens (tertiary/aromatic N) is 2. The molecule has 3 nitrogen and oxygen atoms in total. The number of rotatable bonds is 1. The largest absolute Gasteiger partial charge is 0.450 e. The van der Waals surface area contributed by atoms with Gasteiger partial charge in [0, 0.05) is 0 Å². The molecule has 0 aliphatic heterocycles. The third-order valence-corrected chi connectivity index (χ3v) is 2.41. The van der Waals surface area contributed by atoms with Gasteiger partial charge in [0.15, 0.2) is 0 Å². The minimum atomic E-state index is -4.69. The number of aromatic nitrogens is 2. The van der Waals surface area contributed by atoms with Crippen LogP contribution in [0.2, 0.25) is 0 Å². The maximum absolute atomic E-state index is 12.7. The first-order valence-corrected chi connectivity index (χ1v) is 5.12. The van der Waals surface area contributed by atoms with Gasteiger partial charge >= 0.3 is 6.18 Å². The summed E-state index contributed by atoms with van der Waals surface area (Å²) in [6, 6.07) is 5.87. The van der Waals surface area contributed by atoms with Gasteiger partial charge in [-0.25, -0.2) is 4.98 Å². The number of hydrogen-bond acceptors (Lipinski definition) is 2. The van der Waals surface area contributed by atoms with Crippen molar-refractivity contribution in [2.75, 3.05) is 5.88 Å². The van der Waals surface area contributed by atoms with Crippen LogP contribution in [-0.4, -0.2) is 21.3 Å². The number of fused-ring (bicyclic) bond motifs is 1. The number of hydrogen-bond donors (Lipinski definition) is 0. The van der Waals surface area contributed by atoms with Gasteiger partial charge < -0.3 is 0 Å². The zero-order chi connectivity index (χ0) is 12.6. The van der Waals surface area contributed by atoms with Gasteiger partial charge in [0.25, 0.3) is 0 Å². The Bertz CT molecular complexity index is 576. The summed E-state index contributed by atoms with van der Waals surface area (Å²) >= 11 is 5.30. The predicted molar refractivity (Wildman–Crippen MR) is 56.1 cm³/mol. The SMILES string of the molecule is O=C(CCl)n1c(C(F)(F)F)nc2ccccc21. The van der Waals surface area contributed by atoms with Crippen LogP contribution in [0.1, 0.15) is 10.6 Å². The molecule has 90 valence electrons. The van der Waals surface area contributed by atoms with E-state index in [0.717, 1.165) is 0 Å². The number of imidazole rings is 1. The van der Waals surface area contributed by atoms with Crippen LogP contribution < -0.4 is 0 Å². The molecule has 2 aromatic rings. The lowest BCUT2D eigenvalue weighted by molar-refractivity contribution is -0.145. The lowest BCUT2D eigenvalue weighted by Crippen LogP contribution is -2.21. The maximum atomic E-state index is 12.7. The molecule has 0 N–H and O–H groups in total. The van der Waals surface area contributed by atoms with Crippen molar-refractivity contribution in [3.63, 3.8) is 0 Å². The molecule has 0 fully saturated rings. The first kappa shape index (κ1) is 11.9. The molecule has 1 aromatic heterocycles. The van der Waals surface area contributed by atoms with E-state index in [0.29, 0.717) is 4.57 Å². The molecule has 2 rings (SSSR count). The van der Waals surface area contributed by atoms with Crippen LogP contribution in [0, 0.1) is 0 Å². The Labute approximate surface area is 98.8 Å². The van der Waals surface area contributed by atoms with Gasteiger partial charge in [0.2, 0.25) is 11.7 Å².